The molecule has 2 nitrogen and oxygen atoms in total. The van der Waals surface area contributed by atoms with Gasteiger partial charge in [-0.25, -0.2) is 4.39 Å². The van der Waals surface area contributed by atoms with Crippen molar-refractivity contribution in [1.82, 2.24) is 0 Å². The van der Waals surface area contributed by atoms with Gasteiger partial charge in [-0.1, -0.05) is 6.07 Å². The molecule has 0 aliphatic rings. The van der Waals surface area contributed by atoms with Crippen LogP contribution in [0.5, 0.6) is 0 Å². The summed E-state index contributed by atoms with van der Waals surface area (Å²) in [6.07, 6.45) is 0.541. The first-order chi connectivity index (χ1) is 6.27. The Balaban J connectivity index is 2.89. The average molecular weight is 184 g/mol. The van der Waals surface area contributed by atoms with Gasteiger partial charge >= 0.3 is 0 Å². The predicted molar refractivity (Wildman–Crippen MR) is 47.9 cm³/mol. The van der Waals surface area contributed by atoms with Crippen LogP contribution in [-0.4, -0.2) is 18.8 Å². The number of halogens is 1. The van der Waals surface area contributed by atoms with E-state index in [2.05, 4.69) is 0 Å². The van der Waals surface area contributed by atoms with Gasteiger partial charge in [0.1, 0.15) is 5.82 Å². The number of rotatable bonds is 4. The fourth-order valence-electron chi connectivity index (χ4n) is 1.25. The summed E-state index contributed by atoms with van der Waals surface area (Å²) in [4.78, 5) is 0. The van der Waals surface area contributed by atoms with Crippen LogP contribution in [0.1, 0.15) is 11.1 Å². The van der Waals surface area contributed by atoms with Gasteiger partial charge in [0.05, 0.1) is 6.61 Å². The number of ether oxygens (including phenoxy) is 1. The molecule has 0 saturated carbocycles. The minimum atomic E-state index is -0.270. The van der Waals surface area contributed by atoms with Crippen molar-refractivity contribution < 1.29 is 14.2 Å². The van der Waals surface area contributed by atoms with E-state index in [9.17, 15) is 4.39 Å². The Labute approximate surface area is 77.0 Å². The molecule has 1 aromatic carbocycles. The van der Waals surface area contributed by atoms with E-state index < -0.39 is 0 Å². The molecule has 0 heterocycles. The first-order valence-electron chi connectivity index (χ1n) is 4.15. The van der Waals surface area contributed by atoms with Crippen molar-refractivity contribution in [2.75, 3.05) is 13.7 Å². The summed E-state index contributed by atoms with van der Waals surface area (Å²) in [5.74, 6) is -0.270. The number of methoxy groups -OCH3 is 1. The summed E-state index contributed by atoms with van der Waals surface area (Å²) >= 11 is 0. The van der Waals surface area contributed by atoms with Gasteiger partial charge in [0.2, 0.25) is 0 Å². The van der Waals surface area contributed by atoms with E-state index in [1.54, 1.807) is 13.2 Å². The highest BCUT2D eigenvalue weighted by molar-refractivity contribution is 5.27. The number of hydrogen-bond acceptors (Lipinski definition) is 2. The van der Waals surface area contributed by atoms with Gasteiger partial charge in [-0.2, -0.15) is 0 Å². The minimum Gasteiger partial charge on any atom is -0.396 e. The highest BCUT2D eigenvalue weighted by atomic mass is 19.1. The number of aliphatic hydroxyl groups is 1. The standard InChI is InChI=1S/C10H13FO2/c1-13-7-9-6-10(11)3-2-8(9)4-5-12/h2-3,6,12H,4-5,7H2,1H3. The third-order valence-corrected chi connectivity index (χ3v) is 1.85. The van der Waals surface area contributed by atoms with Crippen LogP contribution in [0.3, 0.4) is 0 Å². The van der Waals surface area contributed by atoms with Crippen molar-refractivity contribution in [3.05, 3.63) is 35.1 Å². The molecule has 1 rings (SSSR count). The summed E-state index contributed by atoms with van der Waals surface area (Å²) in [5, 5.41) is 8.75. The molecule has 0 radical (unpaired) electrons. The fraction of sp³-hybridized carbons (Fsp3) is 0.400. The van der Waals surface area contributed by atoms with Crippen LogP contribution in [-0.2, 0) is 17.8 Å². The van der Waals surface area contributed by atoms with Gasteiger partial charge in [0.15, 0.2) is 0 Å². The van der Waals surface area contributed by atoms with Crippen molar-refractivity contribution in [2.24, 2.45) is 0 Å². The molecule has 0 amide bonds. The predicted octanol–water partition coefficient (Wildman–Crippen LogP) is 1.51. The second-order valence-corrected chi connectivity index (χ2v) is 2.82. The zero-order chi connectivity index (χ0) is 9.68. The molecule has 0 aliphatic carbocycles. The molecule has 13 heavy (non-hydrogen) atoms. The van der Waals surface area contributed by atoms with Gasteiger partial charge in [-0.05, 0) is 29.7 Å². The second kappa shape index (κ2) is 4.94. The Morgan fingerprint density at radius 3 is 2.77 bits per heavy atom. The fourth-order valence-corrected chi connectivity index (χ4v) is 1.25. The molecule has 3 heteroatoms. The molecule has 0 aromatic heterocycles. The van der Waals surface area contributed by atoms with Crippen LogP contribution in [0.4, 0.5) is 4.39 Å². The van der Waals surface area contributed by atoms with Crippen molar-refractivity contribution in [3.63, 3.8) is 0 Å². The van der Waals surface area contributed by atoms with Gasteiger partial charge in [-0.15, -0.1) is 0 Å². The van der Waals surface area contributed by atoms with Crippen molar-refractivity contribution in [1.29, 1.82) is 0 Å². The number of benzene rings is 1. The minimum absolute atomic E-state index is 0.0718. The summed E-state index contributed by atoms with van der Waals surface area (Å²) in [7, 11) is 1.56. The van der Waals surface area contributed by atoms with E-state index in [1.165, 1.54) is 12.1 Å². The summed E-state index contributed by atoms with van der Waals surface area (Å²) < 4.78 is 17.7. The molecule has 0 bridgehead atoms. The quantitative estimate of drug-likeness (QED) is 0.768. The topological polar surface area (TPSA) is 29.5 Å². The Bertz CT molecular complexity index is 274. The monoisotopic (exact) mass is 184 g/mol. The van der Waals surface area contributed by atoms with E-state index in [4.69, 9.17) is 9.84 Å². The first kappa shape index (κ1) is 10.2. The summed E-state index contributed by atoms with van der Waals surface area (Å²) in [5.41, 5.74) is 1.74. The summed E-state index contributed by atoms with van der Waals surface area (Å²) in [6, 6.07) is 4.51. The molecule has 0 saturated heterocycles. The molecule has 0 atom stereocenters. The Morgan fingerprint density at radius 2 is 2.15 bits per heavy atom. The molecule has 72 valence electrons. The number of aliphatic hydroxyl groups excluding tert-OH is 1. The zero-order valence-electron chi connectivity index (χ0n) is 7.59. The molecular formula is C10H13FO2. The largest absolute Gasteiger partial charge is 0.396 e. The maximum Gasteiger partial charge on any atom is 0.123 e. The molecule has 1 aromatic rings. The first-order valence-corrected chi connectivity index (χ1v) is 4.15. The van der Waals surface area contributed by atoms with E-state index in [1.807, 2.05) is 0 Å². The Kier molecular flexibility index (Phi) is 3.86. The zero-order valence-corrected chi connectivity index (χ0v) is 7.59. The van der Waals surface area contributed by atoms with Crippen molar-refractivity contribution in [3.8, 4) is 0 Å². The van der Waals surface area contributed by atoms with Crippen LogP contribution in [0.25, 0.3) is 0 Å². The Hall–Kier alpha value is -0.930. The summed E-state index contributed by atoms with van der Waals surface area (Å²) in [6.45, 7) is 0.454. The molecule has 0 unspecified atom stereocenters. The molecule has 0 aliphatic heterocycles. The van der Waals surface area contributed by atoms with Gasteiger partial charge in [0.25, 0.3) is 0 Å². The van der Waals surface area contributed by atoms with E-state index in [0.29, 0.717) is 13.0 Å². The third kappa shape index (κ3) is 2.79. The Morgan fingerprint density at radius 1 is 1.38 bits per heavy atom. The van der Waals surface area contributed by atoms with Crippen molar-refractivity contribution in [2.45, 2.75) is 13.0 Å². The lowest BCUT2D eigenvalue weighted by molar-refractivity contribution is 0.183. The molecule has 0 spiro atoms. The third-order valence-electron chi connectivity index (χ3n) is 1.85. The van der Waals surface area contributed by atoms with Crippen LogP contribution in [0.2, 0.25) is 0 Å². The lowest BCUT2D eigenvalue weighted by Crippen LogP contribution is -1.99. The lowest BCUT2D eigenvalue weighted by Gasteiger charge is -2.07. The van der Waals surface area contributed by atoms with Crippen LogP contribution in [0.15, 0.2) is 18.2 Å². The van der Waals surface area contributed by atoms with Crippen LogP contribution in [0, 0.1) is 5.82 Å². The molecule has 0 fully saturated rings. The molecule has 1 N–H and O–H groups in total. The SMILES string of the molecule is COCc1cc(F)ccc1CCO. The molecular weight excluding hydrogens is 171 g/mol. The second-order valence-electron chi connectivity index (χ2n) is 2.82. The average Bonchev–Trinajstić information content (AvgIpc) is 2.10. The van der Waals surface area contributed by atoms with Crippen molar-refractivity contribution >= 4 is 0 Å². The smallest absolute Gasteiger partial charge is 0.123 e. The highest BCUT2D eigenvalue weighted by Gasteiger charge is 2.02. The maximum absolute atomic E-state index is 12.8. The highest BCUT2D eigenvalue weighted by Crippen LogP contribution is 2.12. The van der Waals surface area contributed by atoms with Gasteiger partial charge in [-0.3, -0.25) is 0 Å². The van der Waals surface area contributed by atoms with E-state index >= 15 is 0 Å². The van der Waals surface area contributed by atoms with Gasteiger partial charge < -0.3 is 9.84 Å². The van der Waals surface area contributed by atoms with Crippen LogP contribution >= 0.6 is 0 Å². The van der Waals surface area contributed by atoms with Crippen LogP contribution < -0.4 is 0 Å². The maximum atomic E-state index is 12.8. The number of hydrogen-bond donors (Lipinski definition) is 1. The normalized spacial score (nSPS) is 10.4. The van der Waals surface area contributed by atoms with E-state index in [0.717, 1.165) is 11.1 Å². The van der Waals surface area contributed by atoms with E-state index in [-0.39, 0.29) is 12.4 Å². The van der Waals surface area contributed by atoms with Gasteiger partial charge in [0, 0.05) is 13.7 Å². The lowest BCUT2D eigenvalue weighted by atomic mass is 10.1.